The third kappa shape index (κ3) is 5.64. The van der Waals surface area contributed by atoms with Gasteiger partial charge in [-0.15, -0.1) is 0 Å². The Bertz CT molecular complexity index is 749. The topological polar surface area (TPSA) is 47.6 Å². The van der Waals surface area contributed by atoms with Gasteiger partial charge in [0, 0.05) is 11.6 Å². The minimum Gasteiger partial charge on any atom is -0.493 e. The summed E-state index contributed by atoms with van der Waals surface area (Å²) >= 11 is 5.70. The second-order valence-corrected chi connectivity index (χ2v) is 6.28. The minimum atomic E-state index is -0.487. The standard InChI is InChI=1S/C19H21ClFNO3/c1-12(2)25-17-7-4-13(8-18(17)24-3)11-22-19(23)9-14-5-6-15(20)10-16(14)21/h4-8,10,12H,9,11H2,1-3H3,(H,22,23). The van der Waals surface area contributed by atoms with Crippen molar-refractivity contribution in [3.8, 4) is 11.5 Å². The van der Waals surface area contributed by atoms with Crippen molar-refractivity contribution in [2.75, 3.05) is 7.11 Å². The Morgan fingerprint density at radius 2 is 1.96 bits per heavy atom. The minimum absolute atomic E-state index is 0.0359. The number of ether oxygens (including phenoxy) is 2. The number of benzene rings is 2. The van der Waals surface area contributed by atoms with Gasteiger partial charge in [0.25, 0.3) is 0 Å². The van der Waals surface area contributed by atoms with E-state index >= 15 is 0 Å². The van der Waals surface area contributed by atoms with Crippen LogP contribution in [0.3, 0.4) is 0 Å². The summed E-state index contributed by atoms with van der Waals surface area (Å²) in [5, 5.41) is 3.07. The van der Waals surface area contributed by atoms with Crippen LogP contribution in [0.25, 0.3) is 0 Å². The molecule has 0 radical (unpaired) electrons. The van der Waals surface area contributed by atoms with Crippen molar-refractivity contribution in [2.45, 2.75) is 32.9 Å². The fourth-order valence-corrected chi connectivity index (χ4v) is 2.43. The van der Waals surface area contributed by atoms with Crippen molar-refractivity contribution in [3.05, 3.63) is 58.4 Å². The fourth-order valence-electron chi connectivity index (χ4n) is 2.27. The van der Waals surface area contributed by atoms with Gasteiger partial charge in [0.1, 0.15) is 5.82 Å². The van der Waals surface area contributed by atoms with Crippen LogP contribution in [0.2, 0.25) is 5.02 Å². The predicted octanol–water partition coefficient (Wildman–Crippen LogP) is 4.13. The first-order chi connectivity index (χ1) is 11.9. The lowest BCUT2D eigenvalue weighted by Gasteiger charge is -2.14. The van der Waals surface area contributed by atoms with E-state index in [0.29, 0.717) is 28.6 Å². The van der Waals surface area contributed by atoms with E-state index in [0.717, 1.165) is 5.56 Å². The Hall–Kier alpha value is -2.27. The van der Waals surface area contributed by atoms with E-state index in [1.54, 1.807) is 25.3 Å². The summed E-state index contributed by atoms with van der Waals surface area (Å²) in [6.07, 6.45) is -0.0111. The van der Waals surface area contributed by atoms with Crippen molar-refractivity contribution < 1.29 is 18.7 Å². The van der Waals surface area contributed by atoms with Gasteiger partial charge >= 0.3 is 0 Å². The third-order valence-electron chi connectivity index (χ3n) is 3.45. The van der Waals surface area contributed by atoms with Crippen LogP contribution in [0.4, 0.5) is 4.39 Å². The van der Waals surface area contributed by atoms with Gasteiger partial charge in [-0.2, -0.15) is 0 Å². The molecule has 0 aliphatic rings. The van der Waals surface area contributed by atoms with Crippen LogP contribution in [0.15, 0.2) is 36.4 Å². The molecule has 1 amide bonds. The zero-order chi connectivity index (χ0) is 18.4. The Morgan fingerprint density at radius 3 is 2.60 bits per heavy atom. The highest BCUT2D eigenvalue weighted by molar-refractivity contribution is 6.30. The molecule has 2 rings (SSSR count). The Balaban J connectivity index is 1.97. The van der Waals surface area contributed by atoms with E-state index in [1.807, 2.05) is 19.9 Å². The van der Waals surface area contributed by atoms with Gasteiger partial charge in [-0.25, -0.2) is 4.39 Å². The highest BCUT2D eigenvalue weighted by atomic mass is 35.5. The maximum atomic E-state index is 13.7. The number of carbonyl (C=O) groups excluding carboxylic acids is 1. The summed E-state index contributed by atoms with van der Waals surface area (Å²) in [6.45, 7) is 4.18. The lowest BCUT2D eigenvalue weighted by atomic mass is 10.1. The molecule has 0 atom stereocenters. The number of carbonyl (C=O) groups is 1. The van der Waals surface area contributed by atoms with E-state index < -0.39 is 5.82 Å². The highest BCUT2D eigenvalue weighted by Gasteiger charge is 2.11. The molecule has 2 aromatic carbocycles. The molecule has 0 fully saturated rings. The number of halogens is 2. The second-order valence-electron chi connectivity index (χ2n) is 5.84. The van der Waals surface area contributed by atoms with E-state index in [1.165, 1.54) is 12.1 Å². The second kappa shape index (κ2) is 8.72. The van der Waals surface area contributed by atoms with Gasteiger partial charge in [0.05, 0.1) is 19.6 Å². The molecule has 25 heavy (non-hydrogen) atoms. The Kier molecular flexibility index (Phi) is 6.65. The molecule has 0 heterocycles. The van der Waals surface area contributed by atoms with Crippen molar-refractivity contribution in [3.63, 3.8) is 0 Å². The average Bonchev–Trinajstić information content (AvgIpc) is 2.56. The van der Waals surface area contributed by atoms with Gasteiger partial charge in [0.15, 0.2) is 11.5 Å². The molecule has 0 aliphatic carbocycles. The summed E-state index contributed by atoms with van der Waals surface area (Å²) in [4.78, 5) is 12.0. The summed E-state index contributed by atoms with van der Waals surface area (Å²) in [7, 11) is 1.56. The van der Waals surface area contributed by atoms with Crippen LogP contribution in [-0.4, -0.2) is 19.1 Å². The molecule has 0 bridgehead atoms. The number of methoxy groups -OCH3 is 1. The van der Waals surface area contributed by atoms with Gasteiger partial charge in [-0.05, 0) is 49.2 Å². The smallest absolute Gasteiger partial charge is 0.224 e. The summed E-state index contributed by atoms with van der Waals surface area (Å²) < 4.78 is 24.7. The monoisotopic (exact) mass is 365 g/mol. The highest BCUT2D eigenvalue weighted by Crippen LogP contribution is 2.29. The fraction of sp³-hybridized carbons (Fsp3) is 0.316. The van der Waals surface area contributed by atoms with Crippen molar-refractivity contribution >= 4 is 17.5 Å². The predicted molar refractivity (Wildman–Crippen MR) is 95.7 cm³/mol. The first-order valence-electron chi connectivity index (χ1n) is 7.93. The Labute approximate surface area is 151 Å². The molecule has 2 aromatic rings. The lowest BCUT2D eigenvalue weighted by molar-refractivity contribution is -0.120. The number of hydrogen-bond donors (Lipinski definition) is 1. The molecule has 6 heteroatoms. The molecular weight excluding hydrogens is 345 g/mol. The van der Waals surface area contributed by atoms with Crippen LogP contribution in [-0.2, 0) is 17.8 Å². The van der Waals surface area contributed by atoms with Crippen LogP contribution in [0.1, 0.15) is 25.0 Å². The van der Waals surface area contributed by atoms with Crippen LogP contribution < -0.4 is 14.8 Å². The van der Waals surface area contributed by atoms with Crippen molar-refractivity contribution in [1.29, 1.82) is 0 Å². The molecule has 0 saturated heterocycles. The molecule has 1 N–H and O–H groups in total. The summed E-state index contributed by atoms with van der Waals surface area (Å²) in [6, 6.07) is 9.73. The average molecular weight is 366 g/mol. The lowest BCUT2D eigenvalue weighted by Crippen LogP contribution is -2.25. The SMILES string of the molecule is COc1cc(CNC(=O)Cc2ccc(Cl)cc2F)ccc1OC(C)C. The molecule has 4 nitrogen and oxygen atoms in total. The first kappa shape index (κ1) is 19.1. The maximum Gasteiger partial charge on any atom is 0.224 e. The molecule has 0 unspecified atom stereocenters. The zero-order valence-electron chi connectivity index (χ0n) is 14.4. The quantitative estimate of drug-likeness (QED) is 0.802. The van der Waals surface area contributed by atoms with Gasteiger partial charge in [-0.1, -0.05) is 23.7 Å². The van der Waals surface area contributed by atoms with Crippen molar-refractivity contribution in [1.82, 2.24) is 5.32 Å². The molecule has 0 spiro atoms. The van der Waals surface area contributed by atoms with Crippen LogP contribution in [0, 0.1) is 5.82 Å². The number of nitrogens with one attached hydrogen (secondary N) is 1. The van der Waals surface area contributed by atoms with Gasteiger partial charge in [0.2, 0.25) is 5.91 Å². The zero-order valence-corrected chi connectivity index (χ0v) is 15.2. The Morgan fingerprint density at radius 1 is 1.20 bits per heavy atom. The number of hydrogen-bond acceptors (Lipinski definition) is 3. The maximum absolute atomic E-state index is 13.7. The summed E-state index contributed by atoms with van der Waals surface area (Å²) in [5.41, 5.74) is 1.16. The van der Waals surface area contributed by atoms with E-state index in [2.05, 4.69) is 5.32 Å². The number of rotatable bonds is 7. The largest absolute Gasteiger partial charge is 0.493 e. The van der Waals surface area contributed by atoms with Gasteiger partial charge in [-0.3, -0.25) is 4.79 Å². The summed E-state index contributed by atoms with van der Waals surface area (Å²) in [5.74, 6) is 0.488. The first-order valence-corrected chi connectivity index (χ1v) is 8.31. The van der Waals surface area contributed by atoms with E-state index in [-0.39, 0.29) is 18.4 Å². The van der Waals surface area contributed by atoms with E-state index in [4.69, 9.17) is 21.1 Å². The van der Waals surface area contributed by atoms with E-state index in [9.17, 15) is 9.18 Å². The number of amides is 1. The molecular formula is C19H21ClFNO3. The van der Waals surface area contributed by atoms with Crippen molar-refractivity contribution in [2.24, 2.45) is 0 Å². The molecule has 134 valence electrons. The normalized spacial score (nSPS) is 10.6. The molecule has 0 aromatic heterocycles. The van der Waals surface area contributed by atoms with Gasteiger partial charge < -0.3 is 14.8 Å². The molecule has 0 aliphatic heterocycles. The van der Waals surface area contributed by atoms with Crippen LogP contribution >= 0.6 is 11.6 Å². The molecule has 0 saturated carbocycles. The van der Waals surface area contributed by atoms with Crippen LogP contribution in [0.5, 0.6) is 11.5 Å². The third-order valence-corrected chi connectivity index (χ3v) is 3.68.